The third-order valence-corrected chi connectivity index (χ3v) is 4.82. The Morgan fingerprint density at radius 1 is 1.12 bits per heavy atom. The zero-order chi connectivity index (χ0) is 17.0. The molecule has 0 aromatic carbocycles. The maximum Gasteiger partial charge on any atom is 0.339 e. The van der Waals surface area contributed by atoms with Gasteiger partial charge in [-0.3, -0.25) is 0 Å². The first kappa shape index (κ1) is 16.8. The Balaban J connectivity index is 1.52. The average molecular weight is 332 g/mol. The zero-order valence-electron chi connectivity index (χ0n) is 14.0. The fourth-order valence-corrected chi connectivity index (χ4v) is 2.81. The Morgan fingerprint density at radius 3 is 2.42 bits per heavy atom. The molecule has 1 heterocycles. The van der Waals surface area contributed by atoms with Gasteiger partial charge in [0.2, 0.25) is 0 Å². The van der Waals surface area contributed by atoms with Gasteiger partial charge in [0.15, 0.2) is 0 Å². The highest BCUT2D eigenvalue weighted by Crippen LogP contribution is 2.33. The van der Waals surface area contributed by atoms with Crippen LogP contribution >= 0.6 is 0 Å². The van der Waals surface area contributed by atoms with Crippen molar-refractivity contribution in [3.8, 4) is 0 Å². The minimum Gasteiger partial charge on any atom is -0.512 e. The van der Waals surface area contributed by atoms with E-state index in [4.69, 9.17) is 14.2 Å². The van der Waals surface area contributed by atoms with E-state index in [1.807, 2.05) is 6.08 Å². The molecule has 0 bridgehead atoms. The molecule has 5 nitrogen and oxygen atoms in total. The molecule has 0 saturated carbocycles. The van der Waals surface area contributed by atoms with Crippen LogP contribution in [0.4, 0.5) is 0 Å². The van der Waals surface area contributed by atoms with E-state index in [1.54, 1.807) is 18.2 Å². The lowest BCUT2D eigenvalue weighted by molar-refractivity contribution is -0.143. The second-order valence-corrected chi connectivity index (χ2v) is 6.64. The summed E-state index contributed by atoms with van der Waals surface area (Å²) in [5, 5.41) is 9.32. The summed E-state index contributed by atoms with van der Waals surface area (Å²) in [5.74, 6) is 1.51. The lowest BCUT2D eigenvalue weighted by atomic mass is 9.84. The van der Waals surface area contributed by atoms with Gasteiger partial charge in [-0.1, -0.05) is 6.92 Å². The molecule has 1 saturated heterocycles. The van der Waals surface area contributed by atoms with Crippen molar-refractivity contribution in [3.05, 3.63) is 47.2 Å². The Bertz CT molecular complexity index is 614. The smallest absolute Gasteiger partial charge is 0.339 e. The lowest BCUT2D eigenvalue weighted by Gasteiger charge is -2.40. The Morgan fingerprint density at radius 2 is 1.88 bits per heavy atom. The number of aliphatic hydroxyl groups excluding tert-OH is 1. The van der Waals surface area contributed by atoms with Crippen LogP contribution in [0.5, 0.6) is 0 Å². The van der Waals surface area contributed by atoms with E-state index in [9.17, 15) is 9.90 Å². The van der Waals surface area contributed by atoms with Gasteiger partial charge in [-0.25, -0.2) is 4.79 Å². The van der Waals surface area contributed by atoms with Gasteiger partial charge >= 0.3 is 5.97 Å². The molecule has 24 heavy (non-hydrogen) atoms. The standard InChI is InChI=1S/C19H24O5/c1-2-19(11-22-12-19)13-23-16-7-3-14(4-8-16)18(21)24-17-9-5-15(20)6-10-17/h3,5,7,9,20H,2,4,6,8,10-13H2,1H3. The van der Waals surface area contributed by atoms with Crippen molar-refractivity contribution in [1.29, 1.82) is 0 Å². The second-order valence-electron chi connectivity index (χ2n) is 6.64. The van der Waals surface area contributed by atoms with E-state index in [-0.39, 0.29) is 11.4 Å². The average Bonchev–Trinajstić information content (AvgIpc) is 2.57. The van der Waals surface area contributed by atoms with Crippen LogP contribution < -0.4 is 0 Å². The SMILES string of the molecule is CCC1(COC2=CC=C(C(=O)OC3=CC=C(O)CC3)CC2)COC1. The Hall–Kier alpha value is -2.01. The van der Waals surface area contributed by atoms with E-state index in [2.05, 4.69) is 6.92 Å². The molecule has 0 radical (unpaired) electrons. The molecule has 2 aliphatic carbocycles. The molecule has 0 amide bonds. The summed E-state index contributed by atoms with van der Waals surface area (Å²) in [6, 6.07) is 0. The third kappa shape index (κ3) is 3.90. The van der Waals surface area contributed by atoms with Crippen LogP contribution in [0.15, 0.2) is 47.2 Å². The predicted molar refractivity (Wildman–Crippen MR) is 89.0 cm³/mol. The normalized spacial score (nSPS) is 22.4. The Kier molecular flexibility index (Phi) is 5.09. The van der Waals surface area contributed by atoms with Crippen LogP contribution in [0.3, 0.4) is 0 Å². The van der Waals surface area contributed by atoms with Gasteiger partial charge in [-0.15, -0.1) is 0 Å². The van der Waals surface area contributed by atoms with Gasteiger partial charge in [-0.05, 0) is 37.1 Å². The summed E-state index contributed by atoms with van der Waals surface area (Å²) in [7, 11) is 0. The first-order chi connectivity index (χ1) is 11.6. The van der Waals surface area contributed by atoms with E-state index in [0.29, 0.717) is 49.4 Å². The number of esters is 1. The quantitative estimate of drug-likeness (QED) is 0.751. The number of hydrogen-bond acceptors (Lipinski definition) is 5. The Labute approximate surface area is 142 Å². The summed E-state index contributed by atoms with van der Waals surface area (Å²) in [6.45, 7) is 4.36. The maximum absolute atomic E-state index is 12.2. The molecule has 0 aromatic rings. The molecular weight excluding hydrogens is 308 g/mol. The number of ether oxygens (including phenoxy) is 3. The number of allylic oxidation sites excluding steroid dienone is 7. The van der Waals surface area contributed by atoms with E-state index in [0.717, 1.165) is 25.4 Å². The molecule has 0 aromatic heterocycles. The molecular formula is C19H24O5. The number of carbonyl (C=O) groups is 1. The molecule has 3 aliphatic rings. The molecule has 1 aliphatic heterocycles. The van der Waals surface area contributed by atoms with Gasteiger partial charge in [0.05, 0.1) is 36.8 Å². The summed E-state index contributed by atoms with van der Waals surface area (Å²) in [6.07, 6.45) is 10.3. The molecule has 0 atom stereocenters. The third-order valence-electron chi connectivity index (χ3n) is 4.82. The van der Waals surface area contributed by atoms with E-state index < -0.39 is 0 Å². The molecule has 0 spiro atoms. The monoisotopic (exact) mass is 332 g/mol. The van der Waals surface area contributed by atoms with Crippen LogP contribution in [0.1, 0.15) is 39.0 Å². The van der Waals surface area contributed by atoms with Gasteiger partial charge < -0.3 is 19.3 Å². The van der Waals surface area contributed by atoms with Crippen LogP contribution in [-0.4, -0.2) is 30.9 Å². The largest absolute Gasteiger partial charge is 0.512 e. The van der Waals surface area contributed by atoms with Crippen molar-refractivity contribution >= 4 is 5.97 Å². The van der Waals surface area contributed by atoms with E-state index in [1.165, 1.54) is 0 Å². The number of carbonyl (C=O) groups excluding carboxylic acids is 1. The van der Waals surface area contributed by atoms with Crippen molar-refractivity contribution in [3.63, 3.8) is 0 Å². The zero-order valence-corrected chi connectivity index (χ0v) is 14.0. The first-order valence-corrected chi connectivity index (χ1v) is 8.51. The molecule has 5 heteroatoms. The molecule has 130 valence electrons. The minimum absolute atomic E-state index is 0.163. The molecule has 0 unspecified atom stereocenters. The highest BCUT2D eigenvalue weighted by atomic mass is 16.5. The number of aliphatic hydroxyl groups is 1. The number of hydrogen-bond donors (Lipinski definition) is 1. The van der Waals surface area contributed by atoms with Crippen LogP contribution in [0.25, 0.3) is 0 Å². The second kappa shape index (κ2) is 7.26. The van der Waals surface area contributed by atoms with Crippen molar-refractivity contribution in [2.75, 3.05) is 19.8 Å². The molecule has 1 N–H and O–H groups in total. The topological polar surface area (TPSA) is 65.0 Å². The highest BCUT2D eigenvalue weighted by molar-refractivity contribution is 5.89. The van der Waals surface area contributed by atoms with Crippen molar-refractivity contribution in [1.82, 2.24) is 0 Å². The summed E-state index contributed by atoms with van der Waals surface area (Å²) >= 11 is 0. The van der Waals surface area contributed by atoms with Gasteiger partial charge in [-0.2, -0.15) is 0 Å². The van der Waals surface area contributed by atoms with E-state index >= 15 is 0 Å². The summed E-state index contributed by atoms with van der Waals surface area (Å²) < 4.78 is 16.6. The maximum atomic E-state index is 12.2. The first-order valence-electron chi connectivity index (χ1n) is 8.51. The minimum atomic E-state index is -0.316. The summed E-state index contributed by atoms with van der Waals surface area (Å²) in [4.78, 5) is 12.2. The van der Waals surface area contributed by atoms with Crippen molar-refractivity contribution < 1.29 is 24.1 Å². The van der Waals surface area contributed by atoms with Gasteiger partial charge in [0, 0.05) is 24.8 Å². The lowest BCUT2D eigenvalue weighted by Crippen LogP contribution is -2.45. The van der Waals surface area contributed by atoms with Crippen LogP contribution in [0.2, 0.25) is 0 Å². The molecule has 3 rings (SSSR count). The van der Waals surface area contributed by atoms with Crippen LogP contribution in [0, 0.1) is 5.41 Å². The summed E-state index contributed by atoms with van der Waals surface area (Å²) in [5.41, 5.74) is 0.815. The van der Waals surface area contributed by atoms with Crippen LogP contribution in [-0.2, 0) is 19.0 Å². The number of rotatable bonds is 6. The fraction of sp³-hybridized carbons (Fsp3) is 0.526. The van der Waals surface area contributed by atoms with Gasteiger partial charge in [0.25, 0.3) is 0 Å². The van der Waals surface area contributed by atoms with Crippen molar-refractivity contribution in [2.24, 2.45) is 5.41 Å². The van der Waals surface area contributed by atoms with Crippen molar-refractivity contribution in [2.45, 2.75) is 39.0 Å². The molecule has 1 fully saturated rings. The fourth-order valence-electron chi connectivity index (χ4n) is 2.81. The highest BCUT2D eigenvalue weighted by Gasteiger charge is 2.37. The predicted octanol–water partition coefficient (Wildman–Crippen LogP) is 3.70. The van der Waals surface area contributed by atoms with Gasteiger partial charge in [0.1, 0.15) is 5.76 Å².